The van der Waals surface area contributed by atoms with Crippen LogP contribution < -0.4 is 0 Å². The second-order valence-corrected chi connectivity index (χ2v) is 11.0. The quantitative estimate of drug-likeness (QED) is 0.224. The molecule has 0 aliphatic carbocycles. The van der Waals surface area contributed by atoms with Crippen molar-refractivity contribution >= 4 is 11.9 Å². The topological polar surface area (TPSA) is 83.8 Å². The molecule has 188 valence electrons. The number of hydrogen-bond donors (Lipinski definition) is 2. The molecule has 0 saturated heterocycles. The molecule has 1 aromatic carbocycles. The minimum Gasteiger partial charge on any atom is -0.507 e. The average molecular weight is 463 g/mol. The van der Waals surface area contributed by atoms with Crippen molar-refractivity contribution in [2.45, 2.75) is 105 Å². The van der Waals surface area contributed by atoms with Crippen molar-refractivity contribution in [3.8, 4) is 5.75 Å². The zero-order chi connectivity index (χ0) is 25.8. The van der Waals surface area contributed by atoms with Gasteiger partial charge in [-0.15, -0.1) is 0 Å². The lowest BCUT2D eigenvalue weighted by molar-refractivity contribution is -0.138. The summed E-state index contributed by atoms with van der Waals surface area (Å²) in [6.45, 7) is 20.8. The van der Waals surface area contributed by atoms with Gasteiger partial charge in [-0.05, 0) is 46.3 Å². The Morgan fingerprint density at radius 2 is 1.64 bits per heavy atom. The number of carboxylic acid groups (broad SMARTS) is 1. The van der Waals surface area contributed by atoms with Crippen molar-refractivity contribution in [2.24, 2.45) is 5.92 Å². The van der Waals surface area contributed by atoms with Crippen LogP contribution in [0.5, 0.6) is 5.75 Å². The highest BCUT2D eigenvalue weighted by Crippen LogP contribution is 2.38. The minimum absolute atomic E-state index is 0.0325. The summed E-state index contributed by atoms with van der Waals surface area (Å²) in [6.07, 6.45) is 6.18. The van der Waals surface area contributed by atoms with Crippen LogP contribution in [-0.2, 0) is 31.6 Å². The van der Waals surface area contributed by atoms with Crippen molar-refractivity contribution < 1.29 is 24.5 Å². The molecule has 0 heterocycles. The van der Waals surface area contributed by atoms with Gasteiger partial charge in [0, 0.05) is 12.5 Å². The number of benzene rings is 1. The number of unbranched alkanes of at least 4 members (excludes halogenated alkanes) is 2. The SMILES string of the molecule is C=CC(=O)OCCCCCC(C)C.CC(C)(C)c1cc(CCC(=O)O)c(O)c(C(C)(C)C)c1. The van der Waals surface area contributed by atoms with E-state index >= 15 is 0 Å². The van der Waals surface area contributed by atoms with Gasteiger partial charge in [-0.3, -0.25) is 4.79 Å². The molecule has 33 heavy (non-hydrogen) atoms. The number of aryl methyl sites for hydroxylation is 1. The van der Waals surface area contributed by atoms with Crippen LogP contribution in [0.4, 0.5) is 0 Å². The summed E-state index contributed by atoms with van der Waals surface area (Å²) in [7, 11) is 0. The first kappa shape index (κ1) is 30.7. The third kappa shape index (κ3) is 13.1. The van der Waals surface area contributed by atoms with Crippen molar-refractivity contribution in [1.29, 1.82) is 0 Å². The molecule has 0 spiro atoms. The summed E-state index contributed by atoms with van der Waals surface area (Å²) in [5, 5.41) is 19.3. The number of esters is 1. The molecule has 1 rings (SSSR count). The molecule has 0 bridgehead atoms. The Hall–Kier alpha value is -2.30. The van der Waals surface area contributed by atoms with Crippen LogP contribution in [-0.4, -0.2) is 28.8 Å². The summed E-state index contributed by atoms with van der Waals surface area (Å²) in [5.74, 6) is -0.144. The smallest absolute Gasteiger partial charge is 0.330 e. The lowest BCUT2D eigenvalue weighted by atomic mass is 9.78. The minimum atomic E-state index is -0.845. The molecule has 1 aromatic rings. The number of carbonyl (C=O) groups excluding carboxylic acids is 1. The van der Waals surface area contributed by atoms with Gasteiger partial charge in [-0.25, -0.2) is 4.79 Å². The van der Waals surface area contributed by atoms with Gasteiger partial charge in [0.2, 0.25) is 0 Å². The lowest BCUT2D eigenvalue weighted by Gasteiger charge is -2.27. The van der Waals surface area contributed by atoms with Crippen LogP contribution in [0.1, 0.15) is 104 Å². The van der Waals surface area contributed by atoms with Gasteiger partial charge < -0.3 is 14.9 Å². The summed E-state index contributed by atoms with van der Waals surface area (Å²) in [4.78, 5) is 21.4. The molecule has 0 aliphatic rings. The molecule has 2 N–H and O–H groups in total. The van der Waals surface area contributed by atoms with E-state index in [1.807, 2.05) is 12.1 Å². The van der Waals surface area contributed by atoms with Crippen LogP contribution >= 0.6 is 0 Å². The number of carbonyl (C=O) groups is 2. The maximum absolute atomic E-state index is 10.8. The molecule has 5 nitrogen and oxygen atoms in total. The van der Waals surface area contributed by atoms with Gasteiger partial charge >= 0.3 is 11.9 Å². The van der Waals surface area contributed by atoms with E-state index in [1.165, 1.54) is 18.9 Å². The first-order valence-corrected chi connectivity index (χ1v) is 12.0. The molecule has 0 radical (unpaired) electrons. The highest BCUT2D eigenvalue weighted by Gasteiger charge is 2.24. The number of aliphatic carboxylic acids is 1. The van der Waals surface area contributed by atoms with E-state index in [0.717, 1.165) is 35.4 Å². The summed E-state index contributed by atoms with van der Waals surface area (Å²) < 4.78 is 4.84. The first-order valence-electron chi connectivity index (χ1n) is 12.0. The fourth-order valence-electron chi connectivity index (χ4n) is 3.19. The number of phenolic OH excluding ortho intramolecular Hbond substituents is 1. The second-order valence-electron chi connectivity index (χ2n) is 11.0. The molecule has 0 fully saturated rings. The number of ether oxygens (including phenoxy) is 1. The molecule has 0 saturated carbocycles. The van der Waals surface area contributed by atoms with Crippen LogP contribution in [0.25, 0.3) is 0 Å². The van der Waals surface area contributed by atoms with E-state index in [0.29, 0.717) is 13.0 Å². The van der Waals surface area contributed by atoms with Crippen LogP contribution in [0, 0.1) is 5.92 Å². The summed E-state index contributed by atoms with van der Waals surface area (Å²) in [6, 6.07) is 3.98. The van der Waals surface area contributed by atoms with Crippen molar-refractivity contribution in [3.05, 3.63) is 41.5 Å². The summed E-state index contributed by atoms with van der Waals surface area (Å²) in [5.41, 5.74) is 2.52. The molecule has 0 atom stereocenters. The van der Waals surface area contributed by atoms with E-state index in [9.17, 15) is 14.7 Å². The predicted molar refractivity (Wildman–Crippen MR) is 136 cm³/mol. The second kappa shape index (κ2) is 14.1. The molecular weight excluding hydrogens is 416 g/mol. The number of hydrogen-bond acceptors (Lipinski definition) is 4. The number of aromatic hydroxyl groups is 1. The van der Waals surface area contributed by atoms with Gasteiger partial charge in [0.05, 0.1) is 6.61 Å². The van der Waals surface area contributed by atoms with Gasteiger partial charge in [0.1, 0.15) is 5.75 Å². The number of rotatable bonds is 10. The van der Waals surface area contributed by atoms with Gasteiger partial charge in [-0.1, -0.05) is 93.4 Å². The molecule has 0 amide bonds. The lowest BCUT2D eigenvalue weighted by Crippen LogP contribution is -2.17. The van der Waals surface area contributed by atoms with Gasteiger partial charge in [-0.2, -0.15) is 0 Å². The molecule has 0 unspecified atom stereocenters. The Kier molecular flexibility index (Phi) is 13.1. The fourth-order valence-corrected chi connectivity index (χ4v) is 3.19. The van der Waals surface area contributed by atoms with Crippen LogP contribution in [0.3, 0.4) is 0 Å². The predicted octanol–water partition coefficient (Wildman–Crippen LogP) is 6.94. The van der Waals surface area contributed by atoms with Gasteiger partial charge in [0.15, 0.2) is 0 Å². The fraction of sp³-hybridized carbons (Fsp3) is 0.643. The van der Waals surface area contributed by atoms with Crippen LogP contribution in [0.15, 0.2) is 24.8 Å². The Balaban J connectivity index is 0.000000684. The maximum atomic E-state index is 10.8. The van der Waals surface area contributed by atoms with E-state index in [-0.39, 0.29) is 29.0 Å². The Labute approximate surface area is 201 Å². The Morgan fingerprint density at radius 3 is 2.09 bits per heavy atom. The molecule has 0 aliphatic heterocycles. The monoisotopic (exact) mass is 462 g/mol. The van der Waals surface area contributed by atoms with Crippen molar-refractivity contribution in [3.63, 3.8) is 0 Å². The zero-order valence-electron chi connectivity index (χ0n) is 22.1. The van der Waals surface area contributed by atoms with Gasteiger partial charge in [0.25, 0.3) is 0 Å². The Morgan fingerprint density at radius 1 is 1.03 bits per heavy atom. The maximum Gasteiger partial charge on any atom is 0.330 e. The van der Waals surface area contributed by atoms with E-state index in [2.05, 4.69) is 62.0 Å². The summed E-state index contributed by atoms with van der Waals surface area (Å²) >= 11 is 0. The van der Waals surface area contributed by atoms with E-state index < -0.39 is 5.97 Å². The van der Waals surface area contributed by atoms with Crippen molar-refractivity contribution in [2.75, 3.05) is 6.61 Å². The largest absolute Gasteiger partial charge is 0.507 e. The molecular formula is C28H46O5. The highest BCUT2D eigenvalue weighted by molar-refractivity contribution is 5.81. The third-order valence-corrected chi connectivity index (χ3v) is 5.31. The van der Waals surface area contributed by atoms with E-state index in [1.54, 1.807) is 0 Å². The van der Waals surface area contributed by atoms with Crippen LogP contribution in [0.2, 0.25) is 0 Å². The zero-order valence-corrected chi connectivity index (χ0v) is 22.1. The normalized spacial score (nSPS) is 11.5. The number of carboxylic acids is 1. The highest BCUT2D eigenvalue weighted by atomic mass is 16.5. The average Bonchev–Trinajstić information content (AvgIpc) is 2.67. The first-order chi connectivity index (χ1) is 15.1. The number of phenols is 1. The Bertz CT molecular complexity index is 764. The standard InChI is InChI=1S/C17H26O3.C11H20O2/c1-16(2,3)12-9-11(7-8-14(18)19)15(20)13(10-12)17(4,5)6;1-4-11(12)13-9-7-5-6-8-10(2)3/h9-10,20H,7-8H2,1-6H3,(H,18,19);4,10H,1,5-9H2,2-3H3. The molecule has 0 aromatic heterocycles. The molecule has 5 heteroatoms. The van der Waals surface area contributed by atoms with E-state index in [4.69, 9.17) is 9.84 Å². The van der Waals surface area contributed by atoms with Crippen molar-refractivity contribution in [1.82, 2.24) is 0 Å². The third-order valence-electron chi connectivity index (χ3n) is 5.31.